The molecule has 3 aliphatic rings. The lowest BCUT2D eigenvalue weighted by Gasteiger charge is -2.35. The molecule has 37 heavy (non-hydrogen) atoms. The van der Waals surface area contributed by atoms with Crippen molar-refractivity contribution in [1.29, 1.82) is 0 Å². The van der Waals surface area contributed by atoms with Gasteiger partial charge in [0.25, 0.3) is 5.91 Å². The maximum Gasteiger partial charge on any atom is 0.303 e. The summed E-state index contributed by atoms with van der Waals surface area (Å²) in [4.78, 5) is 28.8. The van der Waals surface area contributed by atoms with Gasteiger partial charge in [0, 0.05) is 32.2 Å². The van der Waals surface area contributed by atoms with Crippen LogP contribution in [0.2, 0.25) is 0 Å². The Hall–Kier alpha value is -3.22. The Morgan fingerprint density at radius 3 is 2.41 bits per heavy atom. The van der Waals surface area contributed by atoms with Crippen LogP contribution in [-0.2, 0) is 4.79 Å². The number of carbonyl (C=O) groups excluding carboxylic acids is 1. The minimum Gasteiger partial charge on any atom is -0.508 e. The molecule has 7 heteroatoms. The van der Waals surface area contributed by atoms with Crippen molar-refractivity contribution in [3.05, 3.63) is 53.6 Å². The van der Waals surface area contributed by atoms with Gasteiger partial charge in [-0.25, -0.2) is 0 Å². The van der Waals surface area contributed by atoms with E-state index in [4.69, 9.17) is 4.74 Å². The monoisotopic (exact) mass is 506 g/mol. The second-order valence-corrected chi connectivity index (χ2v) is 10.9. The third-order valence-electron chi connectivity index (χ3n) is 8.17. The van der Waals surface area contributed by atoms with Gasteiger partial charge in [-0.05, 0) is 92.5 Å². The number of nitrogens with zero attached hydrogens (tertiary/aromatic N) is 2. The first-order chi connectivity index (χ1) is 18.0. The molecule has 2 N–H and O–H groups in total. The van der Waals surface area contributed by atoms with Crippen molar-refractivity contribution < 1.29 is 24.5 Å². The lowest BCUT2D eigenvalue weighted by Crippen LogP contribution is -2.39. The Kier molecular flexibility index (Phi) is 7.87. The summed E-state index contributed by atoms with van der Waals surface area (Å²) < 4.78 is 6.18. The maximum absolute atomic E-state index is 13.2. The third kappa shape index (κ3) is 6.38. The Balaban J connectivity index is 1.18. The summed E-state index contributed by atoms with van der Waals surface area (Å²) in [7, 11) is 0. The highest BCUT2D eigenvalue weighted by atomic mass is 16.5. The van der Waals surface area contributed by atoms with Gasteiger partial charge >= 0.3 is 5.97 Å². The van der Waals surface area contributed by atoms with E-state index in [9.17, 15) is 19.8 Å². The quantitative estimate of drug-likeness (QED) is 0.481. The molecule has 198 valence electrons. The van der Waals surface area contributed by atoms with E-state index < -0.39 is 5.97 Å². The van der Waals surface area contributed by atoms with Crippen molar-refractivity contribution >= 4 is 17.6 Å². The Morgan fingerprint density at radius 1 is 0.946 bits per heavy atom. The van der Waals surface area contributed by atoms with Crippen LogP contribution in [0.15, 0.2) is 42.5 Å². The maximum atomic E-state index is 13.2. The van der Waals surface area contributed by atoms with Gasteiger partial charge in [-0.15, -0.1) is 0 Å². The number of anilines is 1. The molecule has 2 heterocycles. The number of phenols is 1. The predicted molar refractivity (Wildman–Crippen MR) is 142 cm³/mol. The van der Waals surface area contributed by atoms with Crippen LogP contribution in [0.4, 0.5) is 5.69 Å². The second-order valence-electron chi connectivity index (χ2n) is 10.9. The number of piperidine rings is 2. The molecule has 1 atom stereocenters. The second kappa shape index (κ2) is 11.4. The topological polar surface area (TPSA) is 90.3 Å². The van der Waals surface area contributed by atoms with E-state index in [2.05, 4.69) is 4.90 Å². The first-order valence-corrected chi connectivity index (χ1v) is 13.8. The number of likely N-dealkylation sites (tertiary alicyclic amines) is 1. The van der Waals surface area contributed by atoms with E-state index in [1.807, 2.05) is 29.2 Å². The molecule has 0 radical (unpaired) electrons. The van der Waals surface area contributed by atoms with Gasteiger partial charge in [0.1, 0.15) is 11.5 Å². The van der Waals surface area contributed by atoms with E-state index in [1.165, 1.54) is 6.42 Å². The highest BCUT2D eigenvalue weighted by molar-refractivity contribution is 6.00. The first-order valence-electron chi connectivity index (χ1n) is 13.8. The summed E-state index contributed by atoms with van der Waals surface area (Å²) in [6.45, 7) is 3.83. The largest absolute Gasteiger partial charge is 0.508 e. The molecule has 1 aliphatic carbocycles. The van der Waals surface area contributed by atoms with Gasteiger partial charge in [0.15, 0.2) is 0 Å². The average molecular weight is 507 g/mol. The zero-order chi connectivity index (χ0) is 25.8. The molecule has 0 aromatic heterocycles. The molecular weight excluding hydrogens is 468 g/mol. The van der Waals surface area contributed by atoms with E-state index in [0.717, 1.165) is 81.7 Å². The Labute approximate surface area is 219 Å². The number of amides is 1. The van der Waals surface area contributed by atoms with Gasteiger partial charge < -0.3 is 24.7 Å². The van der Waals surface area contributed by atoms with Crippen LogP contribution in [0.25, 0.3) is 0 Å². The molecular formula is C30H38N2O5. The van der Waals surface area contributed by atoms with Crippen LogP contribution in [0.3, 0.4) is 0 Å². The number of hydrogen-bond acceptors (Lipinski definition) is 5. The minimum atomic E-state index is -0.748. The van der Waals surface area contributed by atoms with E-state index in [0.29, 0.717) is 24.0 Å². The number of hydrogen-bond donors (Lipinski definition) is 2. The molecule has 0 bridgehead atoms. The third-order valence-corrected chi connectivity index (χ3v) is 8.17. The molecule has 1 unspecified atom stereocenters. The number of carboxylic acids is 1. The fraction of sp³-hybridized carbons (Fsp3) is 0.533. The SMILES string of the molecule is O=C(O)CC(c1cccc(OCC2CCN(c3cc(O)ccc3C(=O)N3CCCCC3)CC2)c1)C1CC1. The molecule has 1 saturated carbocycles. The molecule has 1 amide bonds. The summed E-state index contributed by atoms with van der Waals surface area (Å²) >= 11 is 0. The van der Waals surface area contributed by atoms with Crippen LogP contribution in [-0.4, -0.2) is 59.8 Å². The van der Waals surface area contributed by atoms with Crippen molar-refractivity contribution in [3.63, 3.8) is 0 Å². The molecule has 0 spiro atoms. The van der Waals surface area contributed by atoms with Gasteiger partial charge in [-0.3, -0.25) is 9.59 Å². The molecule has 7 nitrogen and oxygen atoms in total. The number of carboxylic acid groups (broad SMARTS) is 1. The van der Waals surface area contributed by atoms with Gasteiger partial charge in [0.05, 0.1) is 24.3 Å². The number of aromatic hydroxyl groups is 1. The number of aliphatic carboxylic acids is 1. The first kappa shape index (κ1) is 25.4. The van der Waals surface area contributed by atoms with Gasteiger partial charge in [-0.1, -0.05) is 12.1 Å². The summed E-state index contributed by atoms with van der Waals surface area (Å²) in [5, 5.41) is 19.5. The van der Waals surface area contributed by atoms with E-state index in [-0.39, 0.29) is 24.0 Å². The van der Waals surface area contributed by atoms with Gasteiger partial charge in [0.2, 0.25) is 0 Å². The van der Waals surface area contributed by atoms with Crippen LogP contribution >= 0.6 is 0 Å². The molecule has 5 rings (SSSR count). The Morgan fingerprint density at radius 2 is 1.70 bits per heavy atom. The summed E-state index contributed by atoms with van der Waals surface area (Å²) in [5.41, 5.74) is 2.57. The fourth-order valence-corrected chi connectivity index (χ4v) is 5.86. The fourth-order valence-electron chi connectivity index (χ4n) is 5.86. The van der Waals surface area contributed by atoms with Crippen LogP contribution < -0.4 is 9.64 Å². The van der Waals surface area contributed by atoms with Crippen LogP contribution in [0, 0.1) is 11.8 Å². The molecule has 2 aromatic carbocycles. The number of benzene rings is 2. The number of rotatable bonds is 9. The Bertz CT molecular complexity index is 1100. The smallest absolute Gasteiger partial charge is 0.303 e. The van der Waals surface area contributed by atoms with Crippen LogP contribution in [0.5, 0.6) is 11.5 Å². The van der Waals surface area contributed by atoms with Crippen molar-refractivity contribution in [2.45, 2.75) is 57.3 Å². The number of carbonyl (C=O) groups is 2. The zero-order valence-corrected chi connectivity index (χ0v) is 21.5. The predicted octanol–water partition coefficient (Wildman–Crippen LogP) is 5.28. The minimum absolute atomic E-state index is 0.0624. The average Bonchev–Trinajstić information content (AvgIpc) is 3.76. The van der Waals surface area contributed by atoms with Crippen molar-refractivity contribution in [1.82, 2.24) is 4.90 Å². The highest BCUT2D eigenvalue weighted by Crippen LogP contribution is 2.45. The number of ether oxygens (including phenoxy) is 1. The van der Waals surface area contributed by atoms with Crippen molar-refractivity contribution in [2.24, 2.45) is 11.8 Å². The molecule has 2 saturated heterocycles. The lowest BCUT2D eigenvalue weighted by molar-refractivity contribution is -0.137. The highest BCUT2D eigenvalue weighted by Gasteiger charge is 2.34. The molecule has 3 fully saturated rings. The van der Waals surface area contributed by atoms with E-state index in [1.54, 1.807) is 18.2 Å². The van der Waals surface area contributed by atoms with E-state index >= 15 is 0 Å². The van der Waals surface area contributed by atoms with Crippen molar-refractivity contribution in [2.75, 3.05) is 37.7 Å². The molecule has 2 aromatic rings. The lowest BCUT2D eigenvalue weighted by atomic mass is 9.91. The summed E-state index contributed by atoms with van der Waals surface area (Å²) in [6, 6.07) is 13.1. The zero-order valence-electron chi connectivity index (χ0n) is 21.5. The molecule has 2 aliphatic heterocycles. The standard InChI is InChI=1S/C30H38N2O5/c33-24-9-10-26(30(36)32-13-2-1-3-14-32)28(18-24)31-15-11-21(12-16-31)20-37-25-6-4-5-23(17-25)27(19-29(34)35)22-7-8-22/h4-6,9-10,17-18,21-22,27,33H,1-3,7-8,11-16,19-20H2,(H,34,35). The van der Waals surface area contributed by atoms with Crippen LogP contribution in [0.1, 0.15) is 73.2 Å². The number of phenolic OH excluding ortho intramolecular Hbond substituents is 1. The van der Waals surface area contributed by atoms with Crippen molar-refractivity contribution in [3.8, 4) is 11.5 Å². The summed E-state index contributed by atoms with van der Waals surface area (Å²) in [6.07, 6.45) is 7.53. The normalized spacial score (nSPS) is 19.5. The van der Waals surface area contributed by atoms with Gasteiger partial charge in [-0.2, -0.15) is 0 Å². The summed E-state index contributed by atoms with van der Waals surface area (Å²) in [5.74, 6) is 1.24.